The van der Waals surface area contributed by atoms with E-state index in [2.05, 4.69) is 25.7 Å². The van der Waals surface area contributed by atoms with Gasteiger partial charge in [0.25, 0.3) is 0 Å². The molecule has 1 aromatic rings. The minimum Gasteiger partial charge on any atom is -0.468 e. The summed E-state index contributed by atoms with van der Waals surface area (Å²) in [5.41, 5.74) is 0. The maximum Gasteiger partial charge on any atom is 0.325 e. The first-order valence-corrected chi connectivity index (χ1v) is 6.38. The molecule has 0 N–H and O–H groups in total. The van der Waals surface area contributed by atoms with Crippen molar-refractivity contribution in [2.45, 2.75) is 13.3 Å². The number of halogens is 2. The van der Waals surface area contributed by atoms with E-state index in [1.165, 1.54) is 7.11 Å². The Labute approximate surface area is 114 Å². The number of carbonyl (C=O) groups is 1. The van der Waals surface area contributed by atoms with Gasteiger partial charge in [0.05, 0.1) is 12.1 Å². The van der Waals surface area contributed by atoms with Gasteiger partial charge in [0, 0.05) is 17.2 Å². The van der Waals surface area contributed by atoms with Crippen LogP contribution in [0.2, 0.25) is 5.02 Å². The van der Waals surface area contributed by atoms with E-state index < -0.39 is 0 Å². The van der Waals surface area contributed by atoms with E-state index >= 15 is 0 Å². The van der Waals surface area contributed by atoms with Crippen molar-refractivity contribution < 1.29 is 9.53 Å². The largest absolute Gasteiger partial charge is 0.468 e. The molecule has 0 saturated heterocycles. The molecule has 0 aliphatic carbocycles. The number of anilines is 1. The standard InChI is InChI=1S/C11H14BrClN2O2/c1-3-4-15(7-10(16)17-2)11-9(13)5-8(12)6-14-11/h5-6H,3-4,7H2,1-2H3. The van der Waals surface area contributed by atoms with Crippen LogP contribution in [-0.2, 0) is 9.53 Å². The quantitative estimate of drug-likeness (QED) is 0.782. The van der Waals surface area contributed by atoms with E-state index in [-0.39, 0.29) is 12.5 Å². The molecule has 1 aromatic heterocycles. The number of ether oxygens (including phenoxy) is 1. The molecule has 0 aliphatic rings. The molecule has 0 aromatic carbocycles. The molecule has 0 fully saturated rings. The van der Waals surface area contributed by atoms with Gasteiger partial charge in [-0.3, -0.25) is 4.79 Å². The summed E-state index contributed by atoms with van der Waals surface area (Å²) < 4.78 is 5.46. The molecule has 4 nitrogen and oxygen atoms in total. The van der Waals surface area contributed by atoms with Gasteiger partial charge in [-0.2, -0.15) is 0 Å². The van der Waals surface area contributed by atoms with E-state index in [1.54, 1.807) is 17.2 Å². The average molecular weight is 322 g/mol. The highest BCUT2D eigenvalue weighted by molar-refractivity contribution is 9.10. The third-order valence-electron chi connectivity index (χ3n) is 2.13. The molecule has 17 heavy (non-hydrogen) atoms. The molecule has 0 aliphatic heterocycles. The minimum absolute atomic E-state index is 0.151. The summed E-state index contributed by atoms with van der Waals surface area (Å²) in [6, 6.07) is 1.75. The Kier molecular flexibility index (Phi) is 5.71. The lowest BCUT2D eigenvalue weighted by Gasteiger charge is -2.22. The Morgan fingerprint density at radius 2 is 2.35 bits per heavy atom. The highest BCUT2D eigenvalue weighted by Gasteiger charge is 2.15. The van der Waals surface area contributed by atoms with Crippen LogP contribution in [-0.4, -0.2) is 31.2 Å². The van der Waals surface area contributed by atoms with Gasteiger partial charge < -0.3 is 9.64 Å². The van der Waals surface area contributed by atoms with Gasteiger partial charge in [-0.25, -0.2) is 4.98 Å². The Morgan fingerprint density at radius 1 is 1.65 bits per heavy atom. The van der Waals surface area contributed by atoms with E-state index in [0.29, 0.717) is 17.4 Å². The second kappa shape index (κ2) is 6.81. The van der Waals surface area contributed by atoms with Gasteiger partial charge >= 0.3 is 5.97 Å². The third-order valence-corrected chi connectivity index (χ3v) is 2.84. The molecular formula is C11H14BrClN2O2. The van der Waals surface area contributed by atoms with Crippen LogP contribution < -0.4 is 4.90 Å². The van der Waals surface area contributed by atoms with Crippen LogP contribution in [0.3, 0.4) is 0 Å². The highest BCUT2D eigenvalue weighted by Crippen LogP contribution is 2.26. The maximum atomic E-state index is 11.3. The molecular weight excluding hydrogens is 307 g/mol. The number of rotatable bonds is 5. The molecule has 0 bridgehead atoms. The number of hydrogen-bond donors (Lipinski definition) is 0. The van der Waals surface area contributed by atoms with E-state index in [0.717, 1.165) is 10.9 Å². The number of nitrogens with zero attached hydrogens (tertiary/aromatic N) is 2. The van der Waals surface area contributed by atoms with Crippen LogP contribution in [0.1, 0.15) is 13.3 Å². The van der Waals surface area contributed by atoms with Crippen molar-refractivity contribution in [3.05, 3.63) is 21.8 Å². The average Bonchev–Trinajstić information content (AvgIpc) is 2.28. The zero-order valence-corrected chi connectivity index (χ0v) is 12.1. The molecule has 0 unspecified atom stereocenters. The number of hydrogen-bond acceptors (Lipinski definition) is 4. The molecule has 94 valence electrons. The number of carbonyl (C=O) groups excluding carboxylic acids is 1. The summed E-state index contributed by atoms with van der Waals surface area (Å²) in [4.78, 5) is 17.3. The fraction of sp³-hybridized carbons (Fsp3) is 0.455. The van der Waals surface area contributed by atoms with Crippen molar-refractivity contribution in [2.75, 3.05) is 25.1 Å². The SMILES string of the molecule is CCCN(CC(=O)OC)c1ncc(Br)cc1Cl. The number of methoxy groups -OCH3 is 1. The molecule has 0 saturated carbocycles. The van der Waals surface area contributed by atoms with E-state index in [1.807, 2.05) is 6.92 Å². The lowest BCUT2D eigenvalue weighted by Crippen LogP contribution is -2.32. The zero-order valence-electron chi connectivity index (χ0n) is 9.74. The maximum absolute atomic E-state index is 11.3. The first-order valence-electron chi connectivity index (χ1n) is 5.21. The molecule has 1 rings (SSSR count). The lowest BCUT2D eigenvalue weighted by molar-refractivity contribution is -0.138. The molecule has 0 radical (unpaired) electrons. The summed E-state index contributed by atoms with van der Waals surface area (Å²) in [7, 11) is 1.36. The topological polar surface area (TPSA) is 42.4 Å². The number of pyridine rings is 1. The third kappa shape index (κ3) is 4.16. The Morgan fingerprint density at radius 3 is 2.88 bits per heavy atom. The first kappa shape index (κ1) is 14.3. The monoisotopic (exact) mass is 320 g/mol. The first-order chi connectivity index (χ1) is 8.08. The van der Waals surface area contributed by atoms with Crippen LogP contribution in [0.25, 0.3) is 0 Å². The van der Waals surface area contributed by atoms with Crippen molar-refractivity contribution in [1.82, 2.24) is 4.98 Å². The van der Waals surface area contributed by atoms with Crippen LogP contribution in [0.15, 0.2) is 16.7 Å². The normalized spacial score (nSPS) is 10.1. The van der Waals surface area contributed by atoms with Crippen molar-refractivity contribution in [3.63, 3.8) is 0 Å². The fourth-order valence-electron chi connectivity index (χ4n) is 1.39. The number of esters is 1. The van der Waals surface area contributed by atoms with E-state index in [9.17, 15) is 4.79 Å². The van der Waals surface area contributed by atoms with E-state index in [4.69, 9.17) is 11.6 Å². The summed E-state index contributed by atoms with van der Waals surface area (Å²) in [5.74, 6) is 0.293. The van der Waals surface area contributed by atoms with Gasteiger partial charge in [0.15, 0.2) is 0 Å². The zero-order chi connectivity index (χ0) is 12.8. The van der Waals surface area contributed by atoms with Crippen LogP contribution >= 0.6 is 27.5 Å². The second-order valence-corrected chi connectivity index (χ2v) is 4.78. The highest BCUT2D eigenvalue weighted by atomic mass is 79.9. The summed E-state index contributed by atoms with van der Waals surface area (Å²) in [6.07, 6.45) is 2.55. The van der Waals surface area contributed by atoms with Gasteiger partial charge in [0.2, 0.25) is 0 Å². The summed E-state index contributed by atoms with van der Waals surface area (Å²) in [5, 5.41) is 0.511. The smallest absolute Gasteiger partial charge is 0.325 e. The molecule has 0 spiro atoms. The van der Waals surface area contributed by atoms with Crippen molar-refractivity contribution in [3.8, 4) is 0 Å². The van der Waals surface area contributed by atoms with Crippen LogP contribution in [0.4, 0.5) is 5.82 Å². The van der Waals surface area contributed by atoms with Crippen molar-refractivity contribution in [2.24, 2.45) is 0 Å². The summed E-state index contributed by atoms with van der Waals surface area (Å²) in [6.45, 7) is 2.87. The van der Waals surface area contributed by atoms with Crippen LogP contribution in [0.5, 0.6) is 0 Å². The Balaban J connectivity index is 2.92. The lowest BCUT2D eigenvalue weighted by atomic mass is 10.3. The molecule has 0 amide bonds. The molecule has 1 heterocycles. The Hall–Kier alpha value is -0.810. The van der Waals surface area contributed by atoms with Crippen LogP contribution in [0, 0.1) is 0 Å². The predicted molar refractivity (Wildman–Crippen MR) is 71.5 cm³/mol. The van der Waals surface area contributed by atoms with Crippen molar-refractivity contribution in [1.29, 1.82) is 0 Å². The second-order valence-electron chi connectivity index (χ2n) is 3.46. The molecule has 0 atom stereocenters. The molecule has 6 heteroatoms. The summed E-state index contributed by atoms with van der Waals surface area (Å²) >= 11 is 9.39. The predicted octanol–water partition coefficient (Wildman–Crippen LogP) is 2.89. The van der Waals surface area contributed by atoms with Gasteiger partial charge in [-0.1, -0.05) is 18.5 Å². The van der Waals surface area contributed by atoms with Gasteiger partial charge in [-0.15, -0.1) is 0 Å². The minimum atomic E-state index is -0.306. The number of aromatic nitrogens is 1. The Bertz CT molecular complexity index is 401. The fourth-order valence-corrected chi connectivity index (χ4v) is 2.14. The van der Waals surface area contributed by atoms with Gasteiger partial charge in [-0.05, 0) is 28.4 Å². The van der Waals surface area contributed by atoms with Crippen molar-refractivity contribution >= 4 is 39.3 Å². The van der Waals surface area contributed by atoms with Gasteiger partial charge in [0.1, 0.15) is 12.4 Å².